The molecule has 3 rings (SSSR count). The summed E-state index contributed by atoms with van der Waals surface area (Å²) in [6, 6.07) is 3.44. The zero-order valence-corrected chi connectivity index (χ0v) is 17.6. The molecule has 4 nitrogen and oxygen atoms in total. The maximum Gasteiger partial charge on any atom is 0.217 e. The molecule has 1 unspecified atom stereocenters. The second-order valence-corrected chi connectivity index (χ2v) is 9.17. The van der Waals surface area contributed by atoms with E-state index in [9.17, 15) is 4.55 Å². The summed E-state index contributed by atoms with van der Waals surface area (Å²) < 4.78 is 17.9. The van der Waals surface area contributed by atoms with Gasteiger partial charge in [-0.1, -0.05) is 39.1 Å². The number of hydrogen-bond donors (Lipinski definition) is 0. The minimum atomic E-state index is -1.50. The molecule has 0 radical (unpaired) electrons. The van der Waals surface area contributed by atoms with E-state index < -0.39 is 11.4 Å². The third-order valence-electron chi connectivity index (χ3n) is 4.18. The van der Waals surface area contributed by atoms with Crippen LogP contribution in [0, 0.1) is 19.8 Å². The molecule has 1 aliphatic rings. The van der Waals surface area contributed by atoms with Gasteiger partial charge in [0.1, 0.15) is 27.1 Å². The Morgan fingerprint density at radius 1 is 1.33 bits per heavy atom. The molecule has 1 saturated carbocycles. The summed E-state index contributed by atoms with van der Waals surface area (Å²) in [7, 11) is 1.89. The minimum absolute atomic E-state index is 0.396. The first-order chi connectivity index (χ1) is 11.3. The summed E-state index contributed by atoms with van der Waals surface area (Å²) in [5.74, 6) is 0.556. The second kappa shape index (κ2) is 7.08. The van der Waals surface area contributed by atoms with Gasteiger partial charge >= 0.3 is 0 Å². The van der Waals surface area contributed by atoms with Crippen molar-refractivity contribution in [1.29, 1.82) is 0 Å². The molecule has 130 valence electrons. The number of aromatic nitrogens is 2. The number of benzene rings is 1. The number of rotatable bonds is 5. The Morgan fingerprint density at radius 2 is 1.92 bits per heavy atom. The average molecular weight is 451 g/mol. The van der Waals surface area contributed by atoms with Gasteiger partial charge in [-0.3, -0.25) is 4.68 Å². The molecule has 0 bridgehead atoms. The summed E-state index contributed by atoms with van der Waals surface area (Å²) in [6.45, 7) is 4.63. The Bertz CT molecular complexity index is 756. The zero-order chi connectivity index (χ0) is 17.6. The van der Waals surface area contributed by atoms with Crippen molar-refractivity contribution in [3.63, 3.8) is 0 Å². The Balaban J connectivity index is 2.06. The van der Waals surface area contributed by atoms with Crippen molar-refractivity contribution in [2.45, 2.75) is 31.6 Å². The molecule has 0 saturated heterocycles. The lowest BCUT2D eigenvalue weighted by Gasteiger charge is -2.27. The highest BCUT2D eigenvalue weighted by atomic mass is 79.9. The van der Waals surface area contributed by atoms with E-state index in [1.54, 1.807) is 12.1 Å². The van der Waals surface area contributed by atoms with Crippen molar-refractivity contribution < 1.29 is 4.55 Å². The van der Waals surface area contributed by atoms with Crippen molar-refractivity contribution in [2.24, 2.45) is 13.0 Å². The first-order valence-electron chi connectivity index (χ1n) is 7.63. The van der Waals surface area contributed by atoms with Crippen LogP contribution in [0.1, 0.15) is 24.2 Å². The molecule has 1 atom stereocenters. The lowest BCUT2D eigenvalue weighted by molar-refractivity contribution is 0.587. The Morgan fingerprint density at radius 3 is 2.38 bits per heavy atom. The predicted octanol–water partition coefficient (Wildman–Crippen LogP) is 5.05. The molecule has 24 heavy (non-hydrogen) atoms. The van der Waals surface area contributed by atoms with E-state index in [1.807, 2.05) is 29.9 Å². The summed E-state index contributed by atoms with van der Waals surface area (Å²) in [4.78, 5) is 0.449. The molecular weight excluding hydrogens is 433 g/mol. The molecule has 0 aliphatic heterocycles. The fraction of sp³-hybridized carbons (Fsp3) is 0.438. The van der Waals surface area contributed by atoms with Crippen LogP contribution in [0.4, 0.5) is 5.69 Å². The molecule has 0 N–H and O–H groups in total. The van der Waals surface area contributed by atoms with E-state index >= 15 is 0 Å². The van der Waals surface area contributed by atoms with Gasteiger partial charge in [0.2, 0.25) is 4.90 Å². The van der Waals surface area contributed by atoms with Gasteiger partial charge in [0.05, 0.1) is 17.9 Å². The van der Waals surface area contributed by atoms with Crippen LogP contribution in [-0.4, -0.2) is 20.9 Å². The molecule has 2 aromatic rings. The van der Waals surface area contributed by atoms with Crippen LogP contribution in [0.15, 0.2) is 21.5 Å². The largest absolute Gasteiger partial charge is 0.588 e. The smallest absolute Gasteiger partial charge is 0.217 e. The van der Waals surface area contributed by atoms with Crippen molar-refractivity contribution in [3.05, 3.63) is 38.0 Å². The van der Waals surface area contributed by atoms with E-state index in [0.29, 0.717) is 27.4 Å². The van der Waals surface area contributed by atoms with Crippen molar-refractivity contribution in [2.75, 3.05) is 10.8 Å². The first kappa shape index (κ1) is 18.4. The third-order valence-corrected chi connectivity index (χ3v) is 6.98. The van der Waals surface area contributed by atoms with Crippen LogP contribution >= 0.6 is 39.1 Å². The van der Waals surface area contributed by atoms with Crippen LogP contribution in [0.2, 0.25) is 10.0 Å². The van der Waals surface area contributed by atoms with Crippen LogP contribution in [0.5, 0.6) is 0 Å². The summed E-state index contributed by atoms with van der Waals surface area (Å²) in [6.07, 6.45) is 2.32. The second-order valence-electron chi connectivity index (χ2n) is 6.10. The van der Waals surface area contributed by atoms with Crippen molar-refractivity contribution >= 4 is 56.2 Å². The quantitative estimate of drug-likeness (QED) is 0.599. The Hall–Kier alpha value is -0.400. The monoisotopic (exact) mass is 449 g/mol. The van der Waals surface area contributed by atoms with Gasteiger partial charge in [-0.05, 0) is 44.7 Å². The number of halogens is 3. The number of aryl methyl sites for hydroxylation is 2. The fourth-order valence-corrected chi connectivity index (χ4v) is 5.76. The van der Waals surface area contributed by atoms with Gasteiger partial charge in [-0.2, -0.15) is 9.40 Å². The fourth-order valence-electron chi connectivity index (χ4n) is 2.71. The van der Waals surface area contributed by atoms with Gasteiger partial charge in [-0.25, -0.2) is 0 Å². The van der Waals surface area contributed by atoms with Gasteiger partial charge < -0.3 is 4.55 Å². The number of hydrogen-bond acceptors (Lipinski definition) is 3. The molecule has 0 amide bonds. The molecule has 1 aliphatic carbocycles. The zero-order valence-electron chi connectivity index (χ0n) is 13.6. The summed E-state index contributed by atoms with van der Waals surface area (Å²) >= 11 is 14.6. The van der Waals surface area contributed by atoms with Gasteiger partial charge in [0.25, 0.3) is 0 Å². The number of anilines is 1. The normalized spacial score (nSPS) is 15.6. The van der Waals surface area contributed by atoms with Gasteiger partial charge in [0, 0.05) is 11.5 Å². The molecule has 8 heteroatoms. The maximum atomic E-state index is 13.4. The van der Waals surface area contributed by atoms with Crippen LogP contribution in [-0.2, 0) is 18.4 Å². The van der Waals surface area contributed by atoms with Crippen LogP contribution in [0.25, 0.3) is 0 Å². The molecule has 1 aromatic heterocycles. The molecule has 1 aromatic carbocycles. The third kappa shape index (κ3) is 3.58. The molecule has 1 fully saturated rings. The lowest BCUT2D eigenvalue weighted by Crippen LogP contribution is -2.34. The highest BCUT2D eigenvalue weighted by molar-refractivity contribution is 9.10. The molecular formula is C16H18BrCl2N3OS. The van der Waals surface area contributed by atoms with Gasteiger partial charge in [-0.15, -0.1) is 0 Å². The van der Waals surface area contributed by atoms with E-state index in [0.717, 1.165) is 34.4 Å². The highest BCUT2D eigenvalue weighted by Crippen LogP contribution is 2.40. The highest BCUT2D eigenvalue weighted by Gasteiger charge is 2.36. The Labute approximate surface area is 163 Å². The lowest BCUT2D eigenvalue weighted by atomic mass is 10.3. The summed E-state index contributed by atoms with van der Waals surface area (Å²) in [5, 5.41) is 5.25. The topological polar surface area (TPSA) is 44.1 Å². The Kier molecular flexibility index (Phi) is 5.42. The maximum absolute atomic E-state index is 13.4. The molecule has 1 heterocycles. The van der Waals surface area contributed by atoms with E-state index in [2.05, 4.69) is 21.0 Å². The average Bonchev–Trinajstić information content (AvgIpc) is 3.24. The van der Waals surface area contributed by atoms with E-state index in [1.165, 1.54) is 0 Å². The van der Waals surface area contributed by atoms with Crippen LogP contribution in [0.3, 0.4) is 0 Å². The number of nitrogens with zero attached hydrogens (tertiary/aromatic N) is 3. The SMILES string of the molecule is Cc1nn(C)c(C)c1N(CC1CC1)[S+]([O-])c1c(Cl)cc(Br)cc1Cl. The summed E-state index contributed by atoms with van der Waals surface area (Å²) in [5.41, 5.74) is 2.73. The van der Waals surface area contributed by atoms with Gasteiger partial charge in [0.15, 0.2) is 0 Å². The van der Waals surface area contributed by atoms with E-state index in [4.69, 9.17) is 23.2 Å². The molecule has 0 spiro atoms. The van der Waals surface area contributed by atoms with Crippen LogP contribution < -0.4 is 4.31 Å². The first-order valence-corrected chi connectivity index (χ1v) is 10.3. The predicted molar refractivity (Wildman–Crippen MR) is 103 cm³/mol. The van der Waals surface area contributed by atoms with Crippen molar-refractivity contribution in [1.82, 2.24) is 9.78 Å². The minimum Gasteiger partial charge on any atom is -0.588 e. The van der Waals surface area contributed by atoms with Crippen molar-refractivity contribution in [3.8, 4) is 0 Å². The standard InChI is InChI=1S/C16H18BrCl2N3OS/c1-9-15(10(2)21(3)20-9)22(8-11-4-5-11)24(23)16-13(18)6-12(17)7-14(16)19/h6-7,11H,4-5,8H2,1-3H3. The van der Waals surface area contributed by atoms with E-state index in [-0.39, 0.29) is 0 Å².